The number of amides is 1. The zero-order valence-electron chi connectivity index (χ0n) is 10.7. The number of hydrogen-bond acceptors (Lipinski definition) is 4. The summed E-state index contributed by atoms with van der Waals surface area (Å²) in [6.45, 7) is 4.20. The number of nitriles is 1. The maximum Gasteiger partial charge on any atom is 0.303 e. The molecule has 0 fully saturated rings. The van der Waals surface area contributed by atoms with Crippen LogP contribution in [0.1, 0.15) is 33.1 Å². The van der Waals surface area contributed by atoms with Crippen molar-refractivity contribution < 1.29 is 14.7 Å². The van der Waals surface area contributed by atoms with Crippen LogP contribution in [0.15, 0.2) is 11.8 Å². The van der Waals surface area contributed by atoms with Crippen molar-refractivity contribution in [1.29, 1.82) is 5.26 Å². The third-order valence-corrected chi connectivity index (χ3v) is 2.31. The quantitative estimate of drug-likeness (QED) is 0.337. The lowest BCUT2D eigenvalue weighted by atomic mass is 10.2. The molecule has 3 N–H and O–H groups in total. The number of carbonyl (C=O) groups excluding carboxylic acids is 1. The number of carboxylic acids is 1. The van der Waals surface area contributed by atoms with Crippen molar-refractivity contribution >= 4 is 11.9 Å². The van der Waals surface area contributed by atoms with Gasteiger partial charge in [0, 0.05) is 25.2 Å². The Balaban J connectivity index is 4.12. The average molecular weight is 253 g/mol. The van der Waals surface area contributed by atoms with Gasteiger partial charge in [0.2, 0.25) is 0 Å². The van der Waals surface area contributed by atoms with Gasteiger partial charge < -0.3 is 15.7 Å². The normalized spacial score (nSPS) is 12.4. The van der Waals surface area contributed by atoms with Crippen LogP contribution in [-0.2, 0) is 9.59 Å². The lowest BCUT2D eigenvalue weighted by Crippen LogP contribution is -2.33. The second-order valence-electron chi connectivity index (χ2n) is 3.90. The van der Waals surface area contributed by atoms with E-state index in [4.69, 9.17) is 10.4 Å². The van der Waals surface area contributed by atoms with Crippen LogP contribution >= 0.6 is 0 Å². The van der Waals surface area contributed by atoms with Crippen molar-refractivity contribution in [2.45, 2.75) is 39.2 Å². The van der Waals surface area contributed by atoms with Crippen LogP contribution in [0.5, 0.6) is 0 Å². The van der Waals surface area contributed by atoms with Crippen LogP contribution in [0.3, 0.4) is 0 Å². The molecule has 0 aromatic rings. The van der Waals surface area contributed by atoms with Crippen molar-refractivity contribution in [2.24, 2.45) is 0 Å². The Labute approximate surface area is 107 Å². The van der Waals surface area contributed by atoms with Gasteiger partial charge in [-0.05, 0) is 19.8 Å². The lowest BCUT2D eigenvalue weighted by Gasteiger charge is -2.10. The maximum atomic E-state index is 11.6. The van der Waals surface area contributed by atoms with Gasteiger partial charge in [0.25, 0.3) is 5.91 Å². The summed E-state index contributed by atoms with van der Waals surface area (Å²) in [4.78, 5) is 21.8. The van der Waals surface area contributed by atoms with Crippen LogP contribution in [0, 0.1) is 11.3 Å². The summed E-state index contributed by atoms with van der Waals surface area (Å²) in [7, 11) is 0. The first-order valence-electron chi connectivity index (χ1n) is 5.87. The van der Waals surface area contributed by atoms with Crippen molar-refractivity contribution in [2.75, 3.05) is 6.54 Å². The molecule has 0 saturated heterocycles. The highest BCUT2D eigenvalue weighted by atomic mass is 16.4. The van der Waals surface area contributed by atoms with E-state index in [0.717, 1.165) is 6.42 Å². The molecule has 0 aliphatic heterocycles. The summed E-state index contributed by atoms with van der Waals surface area (Å²) in [6, 6.07) is 1.82. The average Bonchev–Trinajstić information content (AvgIpc) is 2.32. The molecule has 18 heavy (non-hydrogen) atoms. The van der Waals surface area contributed by atoms with E-state index in [2.05, 4.69) is 10.6 Å². The highest BCUT2D eigenvalue weighted by molar-refractivity contribution is 5.97. The SMILES string of the molecule is CCC(C)NC(=O)/C(C#N)=C\NCCCC(=O)O. The minimum Gasteiger partial charge on any atom is -0.481 e. The van der Waals surface area contributed by atoms with E-state index in [0.29, 0.717) is 13.0 Å². The van der Waals surface area contributed by atoms with Crippen LogP contribution in [0.25, 0.3) is 0 Å². The van der Waals surface area contributed by atoms with Gasteiger partial charge in [-0.25, -0.2) is 0 Å². The second-order valence-corrected chi connectivity index (χ2v) is 3.90. The molecule has 0 heterocycles. The predicted octanol–water partition coefficient (Wildman–Crippen LogP) is 0.763. The van der Waals surface area contributed by atoms with Gasteiger partial charge in [0.15, 0.2) is 0 Å². The minimum absolute atomic E-state index is 0.00868. The Bertz CT molecular complexity index is 358. The van der Waals surface area contributed by atoms with Gasteiger partial charge in [0.1, 0.15) is 11.6 Å². The molecule has 0 bridgehead atoms. The van der Waals surface area contributed by atoms with E-state index in [1.54, 1.807) is 6.07 Å². The Kier molecular flexibility index (Phi) is 8.03. The molecule has 0 aliphatic rings. The summed E-state index contributed by atoms with van der Waals surface area (Å²) in [5.74, 6) is -1.28. The molecule has 0 spiro atoms. The van der Waals surface area contributed by atoms with Gasteiger partial charge >= 0.3 is 5.97 Å². The first-order valence-corrected chi connectivity index (χ1v) is 5.87. The Morgan fingerprint density at radius 3 is 2.67 bits per heavy atom. The molecule has 6 nitrogen and oxygen atoms in total. The van der Waals surface area contributed by atoms with E-state index in [1.807, 2.05) is 13.8 Å². The van der Waals surface area contributed by atoms with Crippen LogP contribution < -0.4 is 10.6 Å². The largest absolute Gasteiger partial charge is 0.481 e. The number of nitrogens with one attached hydrogen (secondary N) is 2. The lowest BCUT2D eigenvalue weighted by molar-refractivity contribution is -0.137. The molecule has 6 heteroatoms. The van der Waals surface area contributed by atoms with E-state index in [-0.39, 0.29) is 18.0 Å². The fourth-order valence-corrected chi connectivity index (χ4v) is 1.07. The Hall–Kier alpha value is -2.03. The van der Waals surface area contributed by atoms with Gasteiger partial charge in [0.05, 0.1) is 0 Å². The smallest absolute Gasteiger partial charge is 0.303 e. The number of nitrogens with zero attached hydrogens (tertiary/aromatic N) is 1. The van der Waals surface area contributed by atoms with Crippen molar-refractivity contribution in [3.05, 3.63) is 11.8 Å². The third-order valence-electron chi connectivity index (χ3n) is 2.31. The van der Waals surface area contributed by atoms with E-state index < -0.39 is 11.9 Å². The monoisotopic (exact) mass is 253 g/mol. The molecule has 1 unspecified atom stereocenters. The molecule has 0 aromatic heterocycles. The summed E-state index contributed by atoms with van der Waals surface area (Å²) >= 11 is 0. The zero-order chi connectivity index (χ0) is 14.0. The van der Waals surface area contributed by atoms with Gasteiger partial charge in [-0.15, -0.1) is 0 Å². The number of carboxylic acid groups (broad SMARTS) is 1. The van der Waals surface area contributed by atoms with E-state index in [1.165, 1.54) is 6.20 Å². The standard InChI is InChI=1S/C12H19N3O3/c1-3-9(2)15-12(18)10(7-13)8-14-6-4-5-11(16)17/h8-9,14H,3-6H2,1-2H3,(H,15,18)(H,16,17)/b10-8-. The van der Waals surface area contributed by atoms with Crippen molar-refractivity contribution in [1.82, 2.24) is 10.6 Å². The summed E-state index contributed by atoms with van der Waals surface area (Å²) in [5, 5.41) is 22.7. The molecule has 0 aliphatic carbocycles. The van der Waals surface area contributed by atoms with Crippen molar-refractivity contribution in [3.8, 4) is 6.07 Å². The fourth-order valence-electron chi connectivity index (χ4n) is 1.07. The van der Waals surface area contributed by atoms with Crippen LogP contribution in [0.4, 0.5) is 0 Å². The minimum atomic E-state index is -0.865. The van der Waals surface area contributed by atoms with Gasteiger partial charge in [-0.1, -0.05) is 6.92 Å². The maximum absolute atomic E-state index is 11.6. The fraction of sp³-hybridized carbons (Fsp3) is 0.583. The molecule has 1 amide bonds. The molecule has 0 rings (SSSR count). The zero-order valence-corrected chi connectivity index (χ0v) is 10.7. The second kappa shape index (κ2) is 9.05. The van der Waals surface area contributed by atoms with Crippen molar-refractivity contribution in [3.63, 3.8) is 0 Å². The highest BCUT2D eigenvalue weighted by Crippen LogP contribution is 1.95. The molecular formula is C12H19N3O3. The Morgan fingerprint density at radius 2 is 2.17 bits per heavy atom. The summed E-state index contributed by atoms with van der Waals surface area (Å²) < 4.78 is 0. The molecule has 100 valence electrons. The van der Waals surface area contributed by atoms with Crippen LogP contribution in [0.2, 0.25) is 0 Å². The molecular weight excluding hydrogens is 234 g/mol. The molecule has 0 saturated carbocycles. The first kappa shape index (κ1) is 16.0. The molecule has 1 atom stereocenters. The van der Waals surface area contributed by atoms with E-state index in [9.17, 15) is 9.59 Å². The van der Waals surface area contributed by atoms with Crippen LogP contribution in [-0.4, -0.2) is 29.6 Å². The van der Waals surface area contributed by atoms with Gasteiger partial charge in [-0.2, -0.15) is 5.26 Å². The van der Waals surface area contributed by atoms with Gasteiger partial charge in [-0.3, -0.25) is 9.59 Å². The molecule has 0 aromatic carbocycles. The number of carbonyl (C=O) groups is 2. The first-order chi connectivity index (χ1) is 8.51. The summed E-state index contributed by atoms with van der Waals surface area (Å²) in [5.41, 5.74) is -0.00868. The topological polar surface area (TPSA) is 102 Å². The summed E-state index contributed by atoms with van der Waals surface area (Å²) in [6.07, 6.45) is 2.61. The number of aliphatic carboxylic acids is 1. The number of rotatable bonds is 8. The Morgan fingerprint density at radius 1 is 1.50 bits per heavy atom. The predicted molar refractivity (Wildman–Crippen MR) is 66.5 cm³/mol. The highest BCUT2D eigenvalue weighted by Gasteiger charge is 2.10. The third kappa shape index (κ3) is 7.28. The molecule has 0 radical (unpaired) electrons. The number of hydrogen-bond donors (Lipinski definition) is 3. The van der Waals surface area contributed by atoms with E-state index >= 15 is 0 Å².